The summed E-state index contributed by atoms with van der Waals surface area (Å²) in [7, 11) is 1.29. The van der Waals surface area contributed by atoms with Crippen LogP contribution in [0, 0.1) is 11.8 Å². The lowest BCUT2D eigenvalue weighted by Crippen LogP contribution is -2.46. The third kappa shape index (κ3) is 4.64. The average Bonchev–Trinajstić information content (AvgIpc) is 2.27. The highest BCUT2D eigenvalue weighted by Gasteiger charge is 2.31. The predicted octanol–water partition coefficient (Wildman–Crippen LogP) is 1.33. The molecule has 3 atom stereocenters. The van der Waals surface area contributed by atoms with Crippen molar-refractivity contribution in [3.63, 3.8) is 0 Å². The van der Waals surface area contributed by atoms with E-state index in [2.05, 4.69) is 17.0 Å². The average molecular weight is 243 g/mol. The highest BCUT2D eigenvalue weighted by molar-refractivity contribution is 5.78. The first-order chi connectivity index (χ1) is 7.95. The van der Waals surface area contributed by atoms with Gasteiger partial charge in [-0.3, -0.25) is 0 Å². The van der Waals surface area contributed by atoms with Crippen molar-refractivity contribution in [3.8, 4) is 0 Å². The van der Waals surface area contributed by atoms with Crippen LogP contribution in [0.25, 0.3) is 0 Å². The number of carbonyl (C=O) groups excluding carboxylic acids is 1. The zero-order chi connectivity index (χ0) is 12.9. The van der Waals surface area contributed by atoms with Gasteiger partial charge >= 0.3 is 5.97 Å². The highest BCUT2D eigenvalue weighted by atomic mass is 16.5. The highest BCUT2D eigenvalue weighted by Crippen LogP contribution is 2.27. The van der Waals surface area contributed by atoms with Crippen molar-refractivity contribution in [1.82, 2.24) is 5.32 Å². The van der Waals surface area contributed by atoms with E-state index >= 15 is 0 Å². The minimum atomic E-state index is -1.42. The van der Waals surface area contributed by atoms with Crippen LogP contribution in [0.4, 0.5) is 0 Å². The summed E-state index contributed by atoms with van der Waals surface area (Å²) in [4.78, 5) is 11.3. The number of hydrogen-bond acceptors (Lipinski definition) is 4. The molecule has 0 aliphatic heterocycles. The van der Waals surface area contributed by atoms with Gasteiger partial charge in [0.2, 0.25) is 0 Å². The third-order valence-electron chi connectivity index (χ3n) is 3.57. The Morgan fingerprint density at radius 1 is 1.53 bits per heavy atom. The first-order valence-corrected chi connectivity index (χ1v) is 6.47. The van der Waals surface area contributed by atoms with E-state index in [9.17, 15) is 9.90 Å². The van der Waals surface area contributed by atoms with E-state index in [4.69, 9.17) is 0 Å². The zero-order valence-electron chi connectivity index (χ0n) is 11.2. The molecule has 0 bridgehead atoms. The van der Waals surface area contributed by atoms with Crippen LogP contribution >= 0.6 is 0 Å². The number of ether oxygens (including phenoxy) is 1. The largest absolute Gasteiger partial charge is 0.467 e. The fourth-order valence-electron chi connectivity index (χ4n) is 2.56. The molecule has 4 nitrogen and oxygen atoms in total. The Labute approximate surface area is 104 Å². The molecule has 1 aliphatic carbocycles. The van der Waals surface area contributed by atoms with Gasteiger partial charge in [-0.15, -0.1) is 0 Å². The van der Waals surface area contributed by atoms with Gasteiger partial charge in [0.1, 0.15) is 0 Å². The molecular formula is C13H25NO3. The van der Waals surface area contributed by atoms with E-state index in [1.807, 2.05) is 0 Å². The monoisotopic (exact) mass is 243 g/mol. The van der Waals surface area contributed by atoms with Crippen molar-refractivity contribution in [2.45, 2.75) is 45.1 Å². The van der Waals surface area contributed by atoms with Crippen LogP contribution in [0.2, 0.25) is 0 Å². The zero-order valence-corrected chi connectivity index (χ0v) is 11.2. The summed E-state index contributed by atoms with van der Waals surface area (Å²) < 4.78 is 4.55. The van der Waals surface area contributed by atoms with Gasteiger partial charge < -0.3 is 15.2 Å². The number of methoxy groups -OCH3 is 1. The molecule has 0 aromatic heterocycles. The lowest BCUT2D eigenvalue weighted by Gasteiger charge is -2.28. The van der Waals surface area contributed by atoms with Crippen LogP contribution in [-0.4, -0.2) is 36.9 Å². The normalized spacial score (nSPS) is 28.5. The summed E-state index contributed by atoms with van der Waals surface area (Å²) in [6.07, 6.45) is 5.11. The summed E-state index contributed by atoms with van der Waals surface area (Å²) in [5, 5.41) is 13.0. The standard InChI is InChI=1S/C13H25NO3/c1-10-5-4-6-11(7-10)8-14-9-13(2,16)12(15)17-3/h10-11,14,16H,4-9H2,1-3H3. The lowest BCUT2D eigenvalue weighted by molar-refractivity contribution is -0.159. The minimum Gasteiger partial charge on any atom is -0.467 e. The first kappa shape index (κ1) is 14.5. The van der Waals surface area contributed by atoms with E-state index in [-0.39, 0.29) is 6.54 Å². The van der Waals surface area contributed by atoms with Crippen LogP contribution in [0.1, 0.15) is 39.5 Å². The lowest BCUT2D eigenvalue weighted by atomic mass is 9.82. The van der Waals surface area contributed by atoms with Crippen molar-refractivity contribution < 1.29 is 14.6 Å². The van der Waals surface area contributed by atoms with Crippen molar-refractivity contribution in [3.05, 3.63) is 0 Å². The molecule has 1 rings (SSSR count). The van der Waals surface area contributed by atoms with Crippen LogP contribution in [-0.2, 0) is 9.53 Å². The SMILES string of the molecule is COC(=O)C(C)(O)CNCC1CCCC(C)C1. The Hall–Kier alpha value is -0.610. The van der Waals surface area contributed by atoms with Crippen molar-refractivity contribution in [2.75, 3.05) is 20.2 Å². The Kier molecular flexibility index (Phi) is 5.40. The van der Waals surface area contributed by atoms with Crippen LogP contribution < -0.4 is 5.32 Å². The quantitative estimate of drug-likeness (QED) is 0.715. The summed E-state index contributed by atoms with van der Waals surface area (Å²) in [5.41, 5.74) is -1.42. The number of hydrogen-bond donors (Lipinski definition) is 2. The summed E-state index contributed by atoms with van der Waals surface area (Å²) in [5.74, 6) is 0.894. The van der Waals surface area contributed by atoms with Crippen LogP contribution in [0.15, 0.2) is 0 Å². The molecule has 0 aromatic carbocycles. The van der Waals surface area contributed by atoms with Gasteiger partial charge in [-0.1, -0.05) is 19.8 Å². The van der Waals surface area contributed by atoms with E-state index in [1.165, 1.54) is 39.7 Å². The van der Waals surface area contributed by atoms with Crippen LogP contribution in [0.5, 0.6) is 0 Å². The molecular weight excluding hydrogens is 218 g/mol. The number of carbonyl (C=O) groups is 1. The van der Waals surface area contributed by atoms with E-state index in [0.29, 0.717) is 5.92 Å². The molecule has 0 heterocycles. The maximum absolute atomic E-state index is 11.3. The molecule has 17 heavy (non-hydrogen) atoms. The summed E-state index contributed by atoms with van der Waals surface area (Å²) in [6, 6.07) is 0. The maximum atomic E-state index is 11.3. The first-order valence-electron chi connectivity index (χ1n) is 6.47. The third-order valence-corrected chi connectivity index (χ3v) is 3.57. The molecule has 0 radical (unpaired) electrons. The van der Waals surface area contributed by atoms with E-state index < -0.39 is 11.6 Å². The van der Waals surface area contributed by atoms with Gasteiger partial charge in [-0.05, 0) is 38.1 Å². The molecule has 0 aromatic rings. The van der Waals surface area contributed by atoms with Gasteiger partial charge in [0.15, 0.2) is 5.60 Å². The number of esters is 1. The van der Waals surface area contributed by atoms with Crippen molar-refractivity contribution in [1.29, 1.82) is 0 Å². The Bertz CT molecular complexity index is 253. The molecule has 1 saturated carbocycles. The van der Waals surface area contributed by atoms with Crippen LogP contribution in [0.3, 0.4) is 0 Å². The molecule has 2 N–H and O–H groups in total. The topological polar surface area (TPSA) is 58.6 Å². The summed E-state index contributed by atoms with van der Waals surface area (Å²) >= 11 is 0. The van der Waals surface area contributed by atoms with Gasteiger partial charge in [-0.2, -0.15) is 0 Å². The molecule has 1 fully saturated rings. The van der Waals surface area contributed by atoms with Gasteiger partial charge in [0, 0.05) is 6.54 Å². The fourth-order valence-corrected chi connectivity index (χ4v) is 2.56. The van der Waals surface area contributed by atoms with E-state index in [1.54, 1.807) is 0 Å². The van der Waals surface area contributed by atoms with Gasteiger partial charge in [-0.25, -0.2) is 4.79 Å². The smallest absolute Gasteiger partial charge is 0.338 e. The summed E-state index contributed by atoms with van der Waals surface area (Å²) in [6.45, 7) is 4.90. The van der Waals surface area contributed by atoms with Crippen molar-refractivity contribution >= 4 is 5.97 Å². The molecule has 4 heteroatoms. The molecule has 100 valence electrons. The number of rotatable bonds is 5. The van der Waals surface area contributed by atoms with E-state index in [0.717, 1.165) is 12.5 Å². The second-order valence-electron chi connectivity index (χ2n) is 5.53. The van der Waals surface area contributed by atoms with Gasteiger partial charge in [0.25, 0.3) is 0 Å². The fraction of sp³-hybridized carbons (Fsp3) is 0.923. The molecule has 0 spiro atoms. The number of aliphatic hydroxyl groups is 1. The Morgan fingerprint density at radius 2 is 2.24 bits per heavy atom. The molecule has 0 amide bonds. The molecule has 1 aliphatic rings. The van der Waals surface area contributed by atoms with Gasteiger partial charge in [0.05, 0.1) is 7.11 Å². The Balaban J connectivity index is 2.25. The second-order valence-corrected chi connectivity index (χ2v) is 5.53. The second kappa shape index (κ2) is 6.36. The molecule has 0 saturated heterocycles. The molecule has 3 unspecified atom stereocenters. The number of nitrogens with one attached hydrogen (secondary N) is 1. The minimum absolute atomic E-state index is 0.255. The maximum Gasteiger partial charge on any atom is 0.338 e. The predicted molar refractivity (Wildman–Crippen MR) is 66.6 cm³/mol. The Morgan fingerprint density at radius 3 is 2.82 bits per heavy atom. The van der Waals surface area contributed by atoms with Crippen molar-refractivity contribution in [2.24, 2.45) is 11.8 Å².